The molecular formula is C16H19NO3. The molecule has 0 bridgehead atoms. The standard InChI is InChI=1S/C16H19NO3/c1-11-8-17(7-6-14(11)18)9-15(19)13-10-20-16-5-3-2-4-12(13)16/h2-5,10-11,14,18H,6-9H2,1H3. The zero-order chi connectivity index (χ0) is 14.1. The van der Waals surface area contributed by atoms with Gasteiger partial charge in [0, 0.05) is 18.5 Å². The van der Waals surface area contributed by atoms with Crippen LogP contribution in [0.4, 0.5) is 0 Å². The number of ketones is 1. The molecule has 1 N–H and O–H groups in total. The third-order valence-electron chi connectivity index (χ3n) is 4.09. The van der Waals surface area contributed by atoms with Crippen LogP contribution in [0.2, 0.25) is 0 Å². The van der Waals surface area contributed by atoms with Gasteiger partial charge in [-0.25, -0.2) is 0 Å². The molecule has 0 spiro atoms. The number of aliphatic hydroxyl groups is 1. The van der Waals surface area contributed by atoms with E-state index in [1.54, 1.807) is 6.26 Å². The topological polar surface area (TPSA) is 53.7 Å². The largest absolute Gasteiger partial charge is 0.464 e. The molecule has 20 heavy (non-hydrogen) atoms. The summed E-state index contributed by atoms with van der Waals surface area (Å²) in [7, 11) is 0. The summed E-state index contributed by atoms with van der Waals surface area (Å²) in [5.41, 5.74) is 1.40. The van der Waals surface area contributed by atoms with E-state index in [9.17, 15) is 9.90 Å². The maximum atomic E-state index is 12.4. The normalized spacial score (nSPS) is 24.1. The Morgan fingerprint density at radius 2 is 2.25 bits per heavy atom. The van der Waals surface area contributed by atoms with Gasteiger partial charge in [0.1, 0.15) is 11.8 Å². The fourth-order valence-corrected chi connectivity index (χ4v) is 2.85. The highest BCUT2D eigenvalue weighted by Crippen LogP contribution is 2.22. The second kappa shape index (κ2) is 5.38. The molecule has 2 heterocycles. The lowest BCUT2D eigenvalue weighted by Crippen LogP contribution is -2.44. The van der Waals surface area contributed by atoms with Gasteiger partial charge < -0.3 is 9.52 Å². The molecule has 0 amide bonds. The molecule has 2 unspecified atom stereocenters. The quantitative estimate of drug-likeness (QED) is 0.872. The lowest BCUT2D eigenvalue weighted by Gasteiger charge is -2.33. The summed E-state index contributed by atoms with van der Waals surface area (Å²) in [5, 5.41) is 10.6. The molecule has 3 rings (SSSR count). The first-order valence-electron chi connectivity index (χ1n) is 7.05. The van der Waals surface area contributed by atoms with Gasteiger partial charge in [-0.1, -0.05) is 25.1 Å². The van der Waals surface area contributed by atoms with Gasteiger partial charge in [0.2, 0.25) is 0 Å². The lowest BCUT2D eigenvalue weighted by atomic mass is 9.96. The summed E-state index contributed by atoms with van der Waals surface area (Å²) in [6.07, 6.45) is 2.05. The molecule has 1 aliphatic heterocycles. The van der Waals surface area contributed by atoms with Crippen molar-refractivity contribution in [2.75, 3.05) is 19.6 Å². The highest BCUT2D eigenvalue weighted by Gasteiger charge is 2.26. The maximum absolute atomic E-state index is 12.4. The van der Waals surface area contributed by atoms with Crippen molar-refractivity contribution in [3.63, 3.8) is 0 Å². The second-order valence-corrected chi connectivity index (χ2v) is 5.64. The van der Waals surface area contributed by atoms with E-state index in [0.717, 1.165) is 30.5 Å². The zero-order valence-corrected chi connectivity index (χ0v) is 11.6. The van der Waals surface area contributed by atoms with Crippen LogP contribution < -0.4 is 0 Å². The van der Waals surface area contributed by atoms with Gasteiger partial charge in [-0.15, -0.1) is 0 Å². The predicted molar refractivity (Wildman–Crippen MR) is 76.8 cm³/mol. The van der Waals surface area contributed by atoms with E-state index in [1.165, 1.54) is 0 Å². The van der Waals surface area contributed by atoms with Crippen molar-refractivity contribution in [3.05, 3.63) is 36.1 Å². The number of piperidine rings is 1. The molecule has 2 atom stereocenters. The summed E-state index contributed by atoms with van der Waals surface area (Å²) in [4.78, 5) is 14.5. The summed E-state index contributed by atoms with van der Waals surface area (Å²) >= 11 is 0. The molecule has 106 valence electrons. The first kappa shape index (κ1) is 13.3. The van der Waals surface area contributed by atoms with Crippen molar-refractivity contribution < 1.29 is 14.3 Å². The first-order chi connectivity index (χ1) is 9.65. The Morgan fingerprint density at radius 1 is 1.45 bits per heavy atom. The summed E-state index contributed by atoms with van der Waals surface area (Å²) in [6.45, 7) is 3.95. The van der Waals surface area contributed by atoms with E-state index in [-0.39, 0.29) is 17.8 Å². The fraction of sp³-hybridized carbons (Fsp3) is 0.438. The molecule has 4 heteroatoms. The van der Waals surface area contributed by atoms with Crippen LogP contribution in [0.5, 0.6) is 0 Å². The maximum Gasteiger partial charge on any atom is 0.180 e. The van der Waals surface area contributed by atoms with Crippen molar-refractivity contribution in [1.82, 2.24) is 4.90 Å². The Labute approximate surface area is 118 Å². The number of rotatable bonds is 3. The Morgan fingerprint density at radius 3 is 3.05 bits per heavy atom. The highest BCUT2D eigenvalue weighted by molar-refractivity contribution is 6.08. The average molecular weight is 273 g/mol. The van der Waals surface area contributed by atoms with E-state index in [4.69, 9.17) is 4.42 Å². The number of furan rings is 1. The second-order valence-electron chi connectivity index (χ2n) is 5.64. The van der Waals surface area contributed by atoms with Crippen molar-refractivity contribution in [2.45, 2.75) is 19.4 Å². The monoisotopic (exact) mass is 273 g/mol. The van der Waals surface area contributed by atoms with Crippen LogP contribution >= 0.6 is 0 Å². The number of fused-ring (bicyclic) bond motifs is 1. The van der Waals surface area contributed by atoms with Crippen LogP contribution in [0.1, 0.15) is 23.7 Å². The van der Waals surface area contributed by atoms with Crippen molar-refractivity contribution in [2.24, 2.45) is 5.92 Å². The minimum atomic E-state index is -0.240. The smallest absolute Gasteiger partial charge is 0.180 e. The minimum absolute atomic E-state index is 0.0820. The number of para-hydroxylation sites is 1. The van der Waals surface area contributed by atoms with Crippen LogP contribution in [0, 0.1) is 5.92 Å². The molecular weight excluding hydrogens is 254 g/mol. The molecule has 0 saturated carbocycles. The summed E-state index contributed by atoms with van der Waals surface area (Å²) in [6, 6.07) is 7.59. The summed E-state index contributed by atoms with van der Waals surface area (Å²) in [5.74, 6) is 0.302. The predicted octanol–water partition coefficient (Wildman–Crippen LogP) is 2.32. The zero-order valence-electron chi connectivity index (χ0n) is 11.6. The number of hydrogen-bond donors (Lipinski definition) is 1. The van der Waals surface area contributed by atoms with Crippen molar-refractivity contribution in [1.29, 1.82) is 0 Å². The Hall–Kier alpha value is -1.65. The van der Waals surface area contributed by atoms with Crippen LogP contribution in [0.25, 0.3) is 11.0 Å². The van der Waals surface area contributed by atoms with Crippen molar-refractivity contribution >= 4 is 16.8 Å². The number of aliphatic hydroxyl groups excluding tert-OH is 1. The van der Waals surface area contributed by atoms with Crippen LogP contribution in [0.3, 0.4) is 0 Å². The van der Waals surface area contributed by atoms with Crippen LogP contribution in [-0.2, 0) is 0 Å². The SMILES string of the molecule is CC1CN(CC(=O)c2coc3ccccc23)CCC1O. The molecule has 1 aromatic heterocycles. The average Bonchev–Trinajstić information content (AvgIpc) is 2.87. The van der Waals surface area contributed by atoms with E-state index in [0.29, 0.717) is 12.1 Å². The molecule has 4 nitrogen and oxygen atoms in total. The number of nitrogens with zero attached hydrogens (tertiary/aromatic N) is 1. The Balaban J connectivity index is 1.73. The molecule has 1 aromatic carbocycles. The van der Waals surface area contributed by atoms with Gasteiger partial charge in [0.15, 0.2) is 5.78 Å². The van der Waals surface area contributed by atoms with Gasteiger partial charge in [-0.05, 0) is 18.4 Å². The van der Waals surface area contributed by atoms with Gasteiger partial charge in [0.25, 0.3) is 0 Å². The lowest BCUT2D eigenvalue weighted by molar-refractivity contribution is 0.0344. The number of Topliss-reactive ketones (excluding diaryl/α,β-unsaturated/α-hetero) is 1. The number of carbonyl (C=O) groups excluding carboxylic acids is 1. The van der Waals surface area contributed by atoms with Crippen molar-refractivity contribution in [3.8, 4) is 0 Å². The highest BCUT2D eigenvalue weighted by atomic mass is 16.3. The first-order valence-corrected chi connectivity index (χ1v) is 7.05. The molecule has 1 saturated heterocycles. The Kier molecular flexibility index (Phi) is 3.59. The van der Waals surface area contributed by atoms with E-state index < -0.39 is 0 Å². The van der Waals surface area contributed by atoms with Gasteiger partial charge in [-0.2, -0.15) is 0 Å². The third-order valence-corrected chi connectivity index (χ3v) is 4.09. The van der Waals surface area contributed by atoms with Crippen LogP contribution in [-0.4, -0.2) is 41.5 Å². The molecule has 0 aliphatic carbocycles. The number of carbonyl (C=O) groups is 1. The van der Waals surface area contributed by atoms with Crippen LogP contribution in [0.15, 0.2) is 34.9 Å². The summed E-state index contributed by atoms with van der Waals surface area (Å²) < 4.78 is 5.42. The number of likely N-dealkylation sites (tertiary alicyclic amines) is 1. The third kappa shape index (κ3) is 2.49. The Bertz CT molecular complexity index is 619. The van der Waals surface area contributed by atoms with E-state index >= 15 is 0 Å². The molecule has 1 aliphatic rings. The minimum Gasteiger partial charge on any atom is -0.464 e. The van der Waals surface area contributed by atoms with Gasteiger partial charge in [-0.3, -0.25) is 9.69 Å². The van der Waals surface area contributed by atoms with Gasteiger partial charge >= 0.3 is 0 Å². The molecule has 1 fully saturated rings. The molecule has 2 aromatic rings. The fourth-order valence-electron chi connectivity index (χ4n) is 2.85. The van der Waals surface area contributed by atoms with Gasteiger partial charge in [0.05, 0.1) is 18.2 Å². The number of hydrogen-bond acceptors (Lipinski definition) is 4. The van der Waals surface area contributed by atoms with E-state index in [1.807, 2.05) is 31.2 Å². The number of benzene rings is 1. The molecule has 0 radical (unpaired) electrons. The van der Waals surface area contributed by atoms with E-state index in [2.05, 4.69) is 4.90 Å².